The molecule has 0 aromatic heterocycles. The van der Waals surface area contributed by atoms with Crippen molar-refractivity contribution in [2.24, 2.45) is 0 Å². The number of hydrogen-bond acceptors (Lipinski definition) is 5. The summed E-state index contributed by atoms with van der Waals surface area (Å²) in [4.78, 5) is 37.5. The Morgan fingerprint density at radius 3 is 2.33 bits per heavy atom. The fourth-order valence-electron chi connectivity index (χ4n) is 2.33. The average Bonchev–Trinajstić information content (AvgIpc) is 2.55. The summed E-state index contributed by atoms with van der Waals surface area (Å²) in [6, 6.07) is 3.90. The Labute approximate surface area is 147 Å². The van der Waals surface area contributed by atoms with E-state index in [0.717, 1.165) is 34.9 Å². The first-order chi connectivity index (χ1) is 11.3. The van der Waals surface area contributed by atoms with E-state index in [4.69, 9.17) is 4.74 Å². The molecule has 1 aromatic rings. The number of ether oxygens (including phenoxy) is 1. The van der Waals surface area contributed by atoms with Gasteiger partial charge in [-0.05, 0) is 43.9 Å². The van der Waals surface area contributed by atoms with Crippen LogP contribution in [0.5, 0.6) is 0 Å². The van der Waals surface area contributed by atoms with Crippen LogP contribution < -0.4 is 4.90 Å². The van der Waals surface area contributed by atoms with Crippen molar-refractivity contribution in [3.8, 4) is 0 Å². The summed E-state index contributed by atoms with van der Waals surface area (Å²) < 4.78 is 4.72. The quantitative estimate of drug-likeness (QED) is 0.706. The number of hydrogen-bond donors (Lipinski definition) is 0. The van der Waals surface area contributed by atoms with E-state index in [1.807, 2.05) is 39.8 Å². The Morgan fingerprint density at radius 2 is 1.75 bits per heavy atom. The highest BCUT2D eigenvalue weighted by molar-refractivity contribution is 8.14. The zero-order valence-corrected chi connectivity index (χ0v) is 15.8. The number of anilines is 1. The number of thioether (sulfide) groups is 1. The third-order valence-electron chi connectivity index (χ3n) is 3.80. The van der Waals surface area contributed by atoms with Crippen LogP contribution in [-0.4, -0.2) is 36.4 Å². The van der Waals surface area contributed by atoms with Gasteiger partial charge in [0, 0.05) is 6.42 Å². The summed E-state index contributed by atoms with van der Waals surface area (Å²) in [5, 5.41) is -0.0124. The van der Waals surface area contributed by atoms with Crippen molar-refractivity contribution in [3.63, 3.8) is 0 Å². The Balaban J connectivity index is 3.09. The lowest BCUT2D eigenvalue weighted by atomic mass is 10.0. The fourth-order valence-corrected chi connectivity index (χ4v) is 3.12. The second-order valence-corrected chi connectivity index (χ2v) is 6.67. The number of benzene rings is 1. The van der Waals surface area contributed by atoms with Crippen LogP contribution in [0.2, 0.25) is 0 Å². The zero-order chi connectivity index (χ0) is 18.3. The molecule has 0 heterocycles. The number of methoxy groups -OCH3 is 1. The van der Waals surface area contributed by atoms with Gasteiger partial charge in [-0.2, -0.15) is 0 Å². The molecule has 1 aromatic carbocycles. The number of esters is 1. The molecule has 0 unspecified atom stereocenters. The van der Waals surface area contributed by atoms with E-state index in [-0.39, 0.29) is 23.3 Å². The van der Waals surface area contributed by atoms with Crippen LogP contribution in [0.25, 0.3) is 0 Å². The van der Waals surface area contributed by atoms with Gasteiger partial charge in [-0.25, -0.2) is 0 Å². The summed E-state index contributed by atoms with van der Waals surface area (Å²) in [6.45, 7) is 7.53. The van der Waals surface area contributed by atoms with Crippen LogP contribution in [-0.2, 0) is 19.1 Å². The van der Waals surface area contributed by atoms with E-state index in [2.05, 4.69) is 0 Å². The molecular formula is C18H25NO4S. The van der Waals surface area contributed by atoms with Crippen molar-refractivity contribution in [3.05, 3.63) is 28.8 Å². The summed E-state index contributed by atoms with van der Waals surface area (Å²) in [5.41, 5.74) is 3.60. The molecule has 0 aliphatic heterocycles. The number of carbonyl (C=O) groups is 3. The van der Waals surface area contributed by atoms with Gasteiger partial charge >= 0.3 is 5.97 Å². The molecule has 0 saturated heterocycles. The maximum absolute atomic E-state index is 12.7. The predicted molar refractivity (Wildman–Crippen MR) is 97.4 cm³/mol. The van der Waals surface area contributed by atoms with Crippen molar-refractivity contribution < 1.29 is 19.1 Å². The number of carbonyl (C=O) groups excluding carboxylic acids is 3. The van der Waals surface area contributed by atoms with Crippen molar-refractivity contribution in [2.45, 2.75) is 40.5 Å². The van der Waals surface area contributed by atoms with Gasteiger partial charge in [-0.15, -0.1) is 0 Å². The van der Waals surface area contributed by atoms with Crippen molar-refractivity contribution in [1.29, 1.82) is 0 Å². The van der Waals surface area contributed by atoms with Gasteiger partial charge in [0.2, 0.25) is 5.91 Å². The van der Waals surface area contributed by atoms with Gasteiger partial charge < -0.3 is 4.74 Å². The Bertz CT molecular complexity index is 628. The number of amides is 1. The Kier molecular flexibility index (Phi) is 7.98. The smallest absolute Gasteiger partial charge is 0.325 e. The van der Waals surface area contributed by atoms with E-state index >= 15 is 0 Å². The van der Waals surface area contributed by atoms with E-state index < -0.39 is 5.97 Å². The fraction of sp³-hybridized carbons (Fsp3) is 0.500. The minimum absolute atomic E-state index is 0.0124. The lowest BCUT2D eigenvalue weighted by Gasteiger charge is -2.26. The minimum atomic E-state index is -0.492. The molecule has 6 heteroatoms. The molecule has 0 radical (unpaired) electrons. The summed E-state index contributed by atoms with van der Waals surface area (Å²) >= 11 is 1.00. The molecule has 0 fully saturated rings. The second-order valence-electron chi connectivity index (χ2n) is 5.64. The number of rotatable bonds is 7. The third-order valence-corrected chi connectivity index (χ3v) is 4.72. The maximum Gasteiger partial charge on any atom is 0.325 e. The summed E-state index contributed by atoms with van der Waals surface area (Å²) in [6.07, 6.45) is 1.19. The predicted octanol–water partition coefficient (Wildman–Crippen LogP) is 3.18. The van der Waals surface area contributed by atoms with E-state index in [0.29, 0.717) is 12.1 Å². The normalized spacial score (nSPS) is 10.4. The molecule has 0 bridgehead atoms. The minimum Gasteiger partial charge on any atom is -0.468 e. The highest BCUT2D eigenvalue weighted by Gasteiger charge is 2.24. The zero-order valence-electron chi connectivity index (χ0n) is 15.0. The average molecular weight is 351 g/mol. The summed E-state index contributed by atoms with van der Waals surface area (Å²) in [7, 11) is 1.29. The second kappa shape index (κ2) is 9.47. The van der Waals surface area contributed by atoms with Crippen LogP contribution in [0.4, 0.5) is 5.69 Å². The first-order valence-electron chi connectivity index (χ1n) is 7.91. The van der Waals surface area contributed by atoms with Gasteiger partial charge in [0.05, 0.1) is 18.6 Å². The number of nitrogens with zero attached hydrogens (tertiary/aromatic N) is 1. The highest BCUT2D eigenvalue weighted by atomic mass is 32.2. The van der Waals surface area contributed by atoms with Crippen LogP contribution in [0, 0.1) is 20.8 Å². The van der Waals surface area contributed by atoms with Gasteiger partial charge in [0.15, 0.2) is 5.12 Å². The van der Waals surface area contributed by atoms with E-state index in [9.17, 15) is 14.4 Å². The molecule has 0 N–H and O–H groups in total. The van der Waals surface area contributed by atoms with Gasteiger partial charge in [-0.3, -0.25) is 19.3 Å². The van der Waals surface area contributed by atoms with E-state index in [1.165, 1.54) is 12.0 Å². The first-order valence-corrected chi connectivity index (χ1v) is 8.90. The molecule has 1 amide bonds. The van der Waals surface area contributed by atoms with Gasteiger partial charge in [0.25, 0.3) is 0 Å². The molecule has 24 heavy (non-hydrogen) atoms. The topological polar surface area (TPSA) is 63.7 Å². The molecule has 5 nitrogen and oxygen atoms in total. The maximum atomic E-state index is 12.7. The lowest BCUT2D eigenvalue weighted by molar-refractivity contribution is -0.139. The van der Waals surface area contributed by atoms with Crippen LogP contribution >= 0.6 is 11.8 Å². The Hall–Kier alpha value is -1.82. The molecule has 0 spiro atoms. The third kappa shape index (κ3) is 5.37. The Morgan fingerprint density at radius 1 is 1.12 bits per heavy atom. The molecule has 0 aliphatic rings. The van der Waals surface area contributed by atoms with Crippen LogP contribution in [0.15, 0.2) is 12.1 Å². The van der Waals surface area contributed by atoms with E-state index in [1.54, 1.807) is 0 Å². The lowest BCUT2D eigenvalue weighted by Crippen LogP contribution is -2.38. The highest BCUT2D eigenvalue weighted by Crippen LogP contribution is 2.28. The first kappa shape index (κ1) is 20.2. The molecule has 132 valence electrons. The summed E-state index contributed by atoms with van der Waals surface area (Å²) in [5.74, 6) is -0.747. The standard InChI is InChI=1S/C18H25NO4S/c1-6-7-17(22)24-11-15(20)19(10-16(21)23-5)18-13(3)9-8-12(2)14(18)4/h8-9H,6-7,10-11H2,1-5H3. The molecule has 1 rings (SSSR count). The van der Waals surface area contributed by atoms with Gasteiger partial charge in [-0.1, -0.05) is 30.8 Å². The number of aryl methyl sites for hydroxylation is 2. The monoisotopic (exact) mass is 351 g/mol. The van der Waals surface area contributed by atoms with Crippen molar-refractivity contribution in [1.82, 2.24) is 0 Å². The largest absolute Gasteiger partial charge is 0.468 e. The molecule has 0 aliphatic carbocycles. The SMILES string of the molecule is CCCC(=O)SCC(=O)N(CC(=O)OC)c1c(C)ccc(C)c1C. The molecule has 0 atom stereocenters. The molecular weight excluding hydrogens is 326 g/mol. The van der Waals surface area contributed by atoms with Crippen molar-refractivity contribution >= 4 is 34.4 Å². The van der Waals surface area contributed by atoms with Gasteiger partial charge in [0.1, 0.15) is 6.54 Å². The van der Waals surface area contributed by atoms with Crippen molar-refractivity contribution in [2.75, 3.05) is 24.3 Å². The van der Waals surface area contributed by atoms with Crippen LogP contribution in [0.1, 0.15) is 36.5 Å². The molecule has 0 saturated carbocycles. The van der Waals surface area contributed by atoms with Crippen LogP contribution in [0.3, 0.4) is 0 Å².